The zero-order valence-corrected chi connectivity index (χ0v) is 17.6. The van der Waals surface area contributed by atoms with Crippen molar-refractivity contribution in [3.63, 3.8) is 0 Å². The Balaban J connectivity index is 1.71. The second kappa shape index (κ2) is 10.1. The number of carbonyl (C=O) groups excluding carboxylic acids is 2. The molecule has 0 heterocycles. The molecule has 0 aliphatic heterocycles. The van der Waals surface area contributed by atoms with E-state index in [1.165, 1.54) is 6.42 Å². The number of halogens is 1. The largest absolute Gasteiger partial charge is 0.348 e. The highest BCUT2D eigenvalue weighted by atomic mass is 35.5. The average molecular weight is 422 g/mol. The summed E-state index contributed by atoms with van der Waals surface area (Å²) in [6.45, 7) is 2.13. The third-order valence-corrected chi connectivity index (χ3v) is 5.61. The molecule has 154 valence electrons. The summed E-state index contributed by atoms with van der Waals surface area (Å²) in [7, 11) is 0. The zero-order chi connectivity index (χ0) is 21.5. The third-order valence-electron chi connectivity index (χ3n) is 5.35. The van der Waals surface area contributed by atoms with Crippen molar-refractivity contribution in [3.8, 4) is 6.07 Å². The summed E-state index contributed by atoms with van der Waals surface area (Å²) in [5, 5.41) is 15.9. The lowest BCUT2D eigenvalue weighted by atomic mass is 9.86. The van der Waals surface area contributed by atoms with Crippen LogP contribution in [0.4, 0.5) is 5.69 Å². The molecule has 6 heteroatoms. The monoisotopic (exact) mass is 421 g/mol. The van der Waals surface area contributed by atoms with Crippen molar-refractivity contribution in [1.29, 1.82) is 5.26 Å². The van der Waals surface area contributed by atoms with Crippen LogP contribution in [0.3, 0.4) is 0 Å². The molecule has 1 aliphatic carbocycles. The van der Waals surface area contributed by atoms with Gasteiger partial charge in [-0.15, -0.1) is 0 Å². The van der Waals surface area contributed by atoms with Crippen molar-refractivity contribution >= 4 is 35.2 Å². The number of nitrogens with zero attached hydrogens (tertiary/aromatic N) is 1. The lowest BCUT2D eigenvalue weighted by Gasteiger charge is -2.29. The van der Waals surface area contributed by atoms with E-state index in [1.54, 1.807) is 54.6 Å². The minimum atomic E-state index is -0.355. The summed E-state index contributed by atoms with van der Waals surface area (Å²) in [5.74, 6) is -0.210. The molecule has 3 rings (SSSR count). The van der Waals surface area contributed by atoms with Crippen LogP contribution in [0.25, 0.3) is 6.08 Å². The van der Waals surface area contributed by atoms with Crippen molar-refractivity contribution in [1.82, 2.24) is 5.32 Å². The first-order chi connectivity index (χ1) is 14.5. The Morgan fingerprint density at radius 3 is 2.57 bits per heavy atom. The maximum absolute atomic E-state index is 12.6. The number of anilines is 1. The van der Waals surface area contributed by atoms with Gasteiger partial charge in [-0.1, -0.05) is 43.5 Å². The second-order valence-corrected chi connectivity index (χ2v) is 8.03. The maximum atomic E-state index is 12.6. The van der Waals surface area contributed by atoms with Crippen LogP contribution in [-0.4, -0.2) is 17.9 Å². The molecule has 1 saturated carbocycles. The summed E-state index contributed by atoms with van der Waals surface area (Å²) in [6.07, 6.45) is 5.85. The summed E-state index contributed by atoms with van der Waals surface area (Å²) in [6, 6.07) is 15.7. The predicted octanol–water partition coefficient (Wildman–Crippen LogP) is 5.19. The molecule has 0 radical (unpaired) electrons. The van der Waals surface area contributed by atoms with E-state index in [0.29, 0.717) is 27.8 Å². The number of nitriles is 1. The van der Waals surface area contributed by atoms with Crippen LogP contribution in [0.2, 0.25) is 5.02 Å². The number of hydrogen-bond donors (Lipinski definition) is 2. The van der Waals surface area contributed by atoms with E-state index >= 15 is 0 Å². The van der Waals surface area contributed by atoms with Crippen molar-refractivity contribution in [3.05, 3.63) is 70.3 Å². The molecule has 2 N–H and O–H groups in total. The van der Waals surface area contributed by atoms with Crippen molar-refractivity contribution in [2.45, 2.75) is 38.6 Å². The summed E-state index contributed by atoms with van der Waals surface area (Å²) >= 11 is 5.86. The Morgan fingerprint density at radius 1 is 1.13 bits per heavy atom. The Morgan fingerprint density at radius 2 is 1.87 bits per heavy atom. The van der Waals surface area contributed by atoms with Gasteiger partial charge in [-0.2, -0.15) is 5.26 Å². The molecule has 2 amide bonds. The van der Waals surface area contributed by atoms with Crippen molar-refractivity contribution in [2.24, 2.45) is 5.92 Å². The van der Waals surface area contributed by atoms with Gasteiger partial charge >= 0.3 is 0 Å². The normalized spacial score (nSPS) is 18.9. The lowest BCUT2D eigenvalue weighted by molar-refractivity contribution is -0.118. The molecule has 0 bridgehead atoms. The Labute approximate surface area is 181 Å². The maximum Gasteiger partial charge on any atom is 0.262 e. The van der Waals surface area contributed by atoms with E-state index in [4.69, 9.17) is 11.6 Å². The minimum Gasteiger partial charge on any atom is -0.348 e. The van der Waals surface area contributed by atoms with Crippen LogP contribution in [0, 0.1) is 17.2 Å². The van der Waals surface area contributed by atoms with E-state index in [-0.39, 0.29) is 23.4 Å². The number of amides is 2. The molecule has 5 nitrogen and oxygen atoms in total. The smallest absolute Gasteiger partial charge is 0.262 e. The summed E-state index contributed by atoms with van der Waals surface area (Å²) < 4.78 is 0. The van der Waals surface area contributed by atoms with Crippen LogP contribution in [-0.2, 0) is 4.79 Å². The van der Waals surface area contributed by atoms with Gasteiger partial charge in [-0.05, 0) is 66.8 Å². The lowest BCUT2D eigenvalue weighted by Crippen LogP contribution is -2.41. The molecule has 0 spiro atoms. The van der Waals surface area contributed by atoms with Crippen LogP contribution >= 0.6 is 11.6 Å². The number of hydrogen-bond acceptors (Lipinski definition) is 3. The predicted molar refractivity (Wildman–Crippen MR) is 119 cm³/mol. The quantitative estimate of drug-likeness (QED) is 0.514. The summed E-state index contributed by atoms with van der Waals surface area (Å²) in [4.78, 5) is 25.0. The van der Waals surface area contributed by atoms with E-state index in [9.17, 15) is 14.9 Å². The van der Waals surface area contributed by atoms with Gasteiger partial charge < -0.3 is 10.6 Å². The van der Waals surface area contributed by atoms with E-state index in [1.807, 2.05) is 6.07 Å². The van der Waals surface area contributed by atoms with E-state index in [2.05, 4.69) is 17.6 Å². The Bertz CT molecular complexity index is 992. The molecule has 0 saturated heterocycles. The fourth-order valence-corrected chi connectivity index (χ4v) is 3.73. The molecule has 1 aliphatic rings. The van der Waals surface area contributed by atoms with Gasteiger partial charge in [0.05, 0.1) is 0 Å². The first kappa shape index (κ1) is 21.6. The van der Waals surface area contributed by atoms with Gasteiger partial charge in [-0.3, -0.25) is 9.59 Å². The van der Waals surface area contributed by atoms with Gasteiger partial charge in [0, 0.05) is 22.3 Å². The minimum absolute atomic E-state index is 0.0500. The van der Waals surface area contributed by atoms with Crippen molar-refractivity contribution < 1.29 is 9.59 Å². The molecule has 2 atom stereocenters. The molecule has 2 aromatic carbocycles. The summed E-state index contributed by atoms with van der Waals surface area (Å²) in [5.41, 5.74) is 1.77. The van der Waals surface area contributed by atoms with Crippen LogP contribution < -0.4 is 10.6 Å². The molecular formula is C24H24ClN3O2. The fraction of sp³-hybridized carbons (Fsp3) is 0.292. The van der Waals surface area contributed by atoms with Gasteiger partial charge in [0.15, 0.2) is 0 Å². The Kier molecular flexibility index (Phi) is 7.26. The van der Waals surface area contributed by atoms with Crippen LogP contribution in [0.5, 0.6) is 0 Å². The van der Waals surface area contributed by atoms with Gasteiger partial charge in [0.25, 0.3) is 11.8 Å². The number of nitrogens with one attached hydrogen (secondary N) is 2. The molecule has 1 fully saturated rings. The van der Waals surface area contributed by atoms with Crippen molar-refractivity contribution in [2.75, 3.05) is 5.32 Å². The highest BCUT2D eigenvalue weighted by Gasteiger charge is 2.24. The topological polar surface area (TPSA) is 82.0 Å². The first-order valence-corrected chi connectivity index (χ1v) is 10.4. The van der Waals surface area contributed by atoms with E-state index in [0.717, 1.165) is 19.3 Å². The first-order valence-electron chi connectivity index (χ1n) is 10.1. The molecule has 30 heavy (non-hydrogen) atoms. The molecule has 0 aromatic heterocycles. The fourth-order valence-electron chi connectivity index (χ4n) is 3.60. The highest BCUT2D eigenvalue weighted by Crippen LogP contribution is 2.24. The van der Waals surface area contributed by atoms with Crippen LogP contribution in [0.15, 0.2) is 54.1 Å². The third kappa shape index (κ3) is 5.71. The standard InChI is InChI=1S/C24H24ClN3O2/c1-16-5-2-3-8-22(16)28-24(30)19(15-26)13-17-6-4-7-21(14-17)27-23(29)18-9-11-20(25)12-10-18/h4,6-7,9-14,16,22H,2-3,5,8H2,1H3,(H,27,29)(H,28,30)/b19-13+. The van der Waals surface area contributed by atoms with Gasteiger partial charge in [-0.25, -0.2) is 0 Å². The highest BCUT2D eigenvalue weighted by molar-refractivity contribution is 6.30. The SMILES string of the molecule is CC1CCCCC1NC(=O)/C(C#N)=C/c1cccc(NC(=O)c2ccc(Cl)cc2)c1. The Hall–Kier alpha value is -3.10. The number of rotatable bonds is 5. The number of carbonyl (C=O) groups is 2. The van der Waals surface area contributed by atoms with Gasteiger partial charge in [0.2, 0.25) is 0 Å². The number of benzene rings is 2. The van der Waals surface area contributed by atoms with Gasteiger partial charge in [0.1, 0.15) is 11.6 Å². The van der Waals surface area contributed by atoms with Crippen LogP contribution in [0.1, 0.15) is 48.5 Å². The molecular weight excluding hydrogens is 398 g/mol. The van der Waals surface area contributed by atoms with E-state index < -0.39 is 0 Å². The molecule has 2 aromatic rings. The average Bonchev–Trinajstić information content (AvgIpc) is 2.74. The zero-order valence-electron chi connectivity index (χ0n) is 16.8. The second-order valence-electron chi connectivity index (χ2n) is 7.60. The molecule has 2 unspecified atom stereocenters.